The zero-order valence-electron chi connectivity index (χ0n) is 11.9. The summed E-state index contributed by atoms with van der Waals surface area (Å²) in [5, 5.41) is 4.78. The summed E-state index contributed by atoms with van der Waals surface area (Å²) in [6.07, 6.45) is 4.81. The minimum absolute atomic E-state index is 0.472. The summed E-state index contributed by atoms with van der Waals surface area (Å²) in [7, 11) is 0. The van der Waals surface area contributed by atoms with Crippen LogP contribution in [0.25, 0.3) is 0 Å². The first-order valence-electron chi connectivity index (χ1n) is 6.87. The quantitative estimate of drug-likeness (QED) is 0.842. The predicted molar refractivity (Wildman–Crippen MR) is 79.8 cm³/mol. The Balaban J connectivity index is 1.91. The van der Waals surface area contributed by atoms with Crippen molar-refractivity contribution in [3.05, 3.63) is 39.7 Å². The first kappa shape index (κ1) is 14.3. The van der Waals surface area contributed by atoms with Gasteiger partial charge in [0.15, 0.2) is 0 Å². The lowest BCUT2D eigenvalue weighted by Gasteiger charge is -2.15. The van der Waals surface area contributed by atoms with Crippen molar-refractivity contribution in [2.75, 3.05) is 6.54 Å². The van der Waals surface area contributed by atoms with E-state index in [4.69, 9.17) is 4.42 Å². The second-order valence-electron chi connectivity index (χ2n) is 4.83. The molecule has 2 rings (SSSR count). The van der Waals surface area contributed by atoms with Crippen molar-refractivity contribution >= 4 is 11.3 Å². The van der Waals surface area contributed by atoms with Gasteiger partial charge in [0.2, 0.25) is 0 Å². The second-order valence-corrected chi connectivity index (χ2v) is 6.11. The van der Waals surface area contributed by atoms with Crippen molar-refractivity contribution in [3.8, 4) is 0 Å². The molecule has 1 N–H and O–H groups in total. The highest BCUT2D eigenvalue weighted by atomic mass is 32.1. The molecule has 2 aromatic heterocycles. The van der Waals surface area contributed by atoms with Crippen LogP contribution < -0.4 is 5.32 Å². The normalized spacial score (nSPS) is 12.8. The van der Waals surface area contributed by atoms with E-state index < -0.39 is 0 Å². The first-order valence-corrected chi connectivity index (χ1v) is 7.69. The average Bonchev–Trinajstić information content (AvgIpc) is 2.98. The van der Waals surface area contributed by atoms with Crippen LogP contribution in [-0.2, 0) is 12.8 Å². The summed E-state index contributed by atoms with van der Waals surface area (Å²) < 4.78 is 5.39. The third-order valence-corrected chi connectivity index (χ3v) is 4.40. The van der Waals surface area contributed by atoms with E-state index in [1.54, 1.807) is 6.26 Å². The van der Waals surface area contributed by atoms with Crippen LogP contribution in [0.4, 0.5) is 0 Å². The number of furan rings is 1. The molecule has 0 amide bonds. The van der Waals surface area contributed by atoms with Gasteiger partial charge in [-0.25, -0.2) is 4.98 Å². The lowest BCUT2D eigenvalue weighted by molar-refractivity contribution is 0.447. The molecule has 0 spiro atoms. The Morgan fingerprint density at radius 3 is 2.84 bits per heavy atom. The summed E-state index contributed by atoms with van der Waals surface area (Å²) in [5.41, 5.74) is 1.17. The van der Waals surface area contributed by atoms with Crippen molar-refractivity contribution < 1.29 is 4.42 Å². The van der Waals surface area contributed by atoms with Crippen molar-refractivity contribution in [1.82, 2.24) is 10.3 Å². The van der Waals surface area contributed by atoms with E-state index in [1.165, 1.54) is 15.6 Å². The molecule has 0 aliphatic carbocycles. The van der Waals surface area contributed by atoms with Gasteiger partial charge in [-0.15, -0.1) is 11.3 Å². The number of rotatable bonds is 7. The van der Waals surface area contributed by atoms with Gasteiger partial charge in [-0.3, -0.25) is 0 Å². The van der Waals surface area contributed by atoms with Crippen molar-refractivity contribution in [1.29, 1.82) is 0 Å². The zero-order valence-corrected chi connectivity index (χ0v) is 12.7. The number of nitrogens with one attached hydrogen (secondary N) is 1. The second kappa shape index (κ2) is 6.87. The molecule has 19 heavy (non-hydrogen) atoms. The Morgan fingerprint density at radius 2 is 2.26 bits per heavy atom. The minimum atomic E-state index is 0.472. The summed E-state index contributed by atoms with van der Waals surface area (Å²) in [6.45, 7) is 7.37. The van der Waals surface area contributed by atoms with Gasteiger partial charge in [-0.2, -0.15) is 0 Å². The highest BCUT2D eigenvalue weighted by molar-refractivity contribution is 7.11. The summed E-state index contributed by atoms with van der Waals surface area (Å²) in [5.74, 6) is 1.06. The fourth-order valence-corrected chi connectivity index (χ4v) is 3.19. The van der Waals surface area contributed by atoms with E-state index in [0.717, 1.165) is 31.6 Å². The maximum atomic E-state index is 5.39. The fourth-order valence-electron chi connectivity index (χ4n) is 2.17. The third kappa shape index (κ3) is 4.18. The SMILES string of the molecule is CCNC(CCc1ccco1)Cc1nc(C)c(C)s1. The molecule has 2 heterocycles. The number of nitrogens with zero attached hydrogens (tertiary/aromatic N) is 1. The molecule has 0 saturated heterocycles. The number of thiazole rings is 1. The molecular formula is C15H22N2OS. The molecule has 104 valence electrons. The maximum absolute atomic E-state index is 5.39. The van der Waals surface area contributed by atoms with Crippen LogP contribution in [0.1, 0.15) is 34.7 Å². The van der Waals surface area contributed by atoms with E-state index >= 15 is 0 Å². The molecule has 3 nitrogen and oxygen atoms in total. The highest BCUT2D eigenvalue weighted by Crippen LogP contribution is 2.19. The van der Waals surface area contributed by atoms with Gasteiger partial charge >= 0.3 is 0 Å². The van der Waals surface area contributed by atoms with E-state index in [1.807, 2.05) is 23.5 Å². The smallest absolute Gasteiger partial charge is 0.103 e. The summed E-state index contributed by atoms with van der Waals surface area (Å²) in [6, 6.07) is 4.46. The van der Waals surface area contributed by atoms with Crippen LogP contribution >= 0.6 is 11.3 Å². The van der Waals surface area contributed by atoms with Crippen LogP contribution in [0, 0.1) is 13.8 Å². The summed E-state index contributed by atoms with van der Waals surface area (Å²) >= 11 is 1.82. The molecule has 0 aliphatic rings. The molecule has 0 saturated carbocycles. The molecule has 1 atom stereocenters. The lowest BCUT2D eigenvalue weighted by atomic mass is 10.1. The molecule has 4 heteroatoms. The van der Waals surface area contributed by atoms with Gasteiger partial charge in [0.05, 0.1) is 17.0 Å². The van der Waals surface area contributed by atoms with Crippen LogP contribution in [0.15, 0.2) is 22.8 Å². The Bertz CT molecular complexity index is 471. The van der Waals surface area contributed by atoms with Gasteiger partial charge in [-0.05, 0) is 38.9 Å². The van der Waals surface area contributed by atoms with Crippen molar-refractivity contribution in [2.45, 2.75) is 46.1 Å². The minimum Gasteiger partial charge on any atom is -0.469 e. The van der Waals surface area contributed by atoms with Gasteiger partial charge < -0.3 is 9.73 Å². The van der Waals surface area contributed by atoms with Gasteiger partial charge in [-0.1, -0.05) is 6.92 Å². The maximum Gasteiger partial charge on any atom is 0.103 e. The molecule has 0 radical (unpaired) electrons. The van der Waals surface area contributed by atoms with E-state index in [-0.39, 0.29) is 0 Å². The van der Waals surface area contributed by atoms with E-state index in [2.05, 4.69) is 31.1 Å². The van der Waals surface area contributed by atoms with Gasteiger partial charge in [0, 0.05) is 23.8 Å². The molecule has 2 aromatic rings. The molecule has 0 fully saturated rings. The van der Waals surface area contributed by atoms with Crippen LogP contribution in [0.2, 0.25) is 0 Å². The highest BCUT2D eigenvalue weighted by Gasteiger charge is 2.13. The fraction of sp³-hybridized carbons (Fsp3) is 0.533. The zero-order chi connectivity index (χ0) is 13.7. The number of aryl methyl sites for hydroxylation is 3. The van der Waals surface area contributed by atoms with E-state index in [0.29, 0.717) is 6.04 Å². The van der Waals surface area contributed by atoms with Crippen molar-refractivity contribution in [2.24, 2.45) is 0 Å². The summed E-state index contributed by atoms with van der Waals surface area (Å²) in [4.78, 5) is 5.96. The lowest BCUT2D eigenvalue weighted by Crippen LogP contribution is -2.31. The van der Waals surface area contributed by atoms with Gasteiger partial charge in [0.1, 0.15) is 5.76 Å². The molecule has 0 aliphatic heterocycles. The van der Waals surface area contributed by atoms with E-state index in [9.17, 15) is 0 Å². The number of hydrogen-bond donors (Lipinski definition) is 1. The Labute approximate surface area is 119 Å². The molecule has 0 aromatic carbocycles. The van der Waals surface area contributed by atoms with Crippen LogP contribution in [0.3, 0.4) is 0 Å². The van der Waals surface area contributed by atoms with Crippen LogP contribution in [-0.4, -0.2) is 17.6 Å². The standard InChI is InChI=1S/C15H22N2OS/c1-4-16-13(7-8-14-6-5-9-18-14)10-15-17-11(2)12(3)19-15/h5-6,9,13,16H,4,7-8,10H2,1-3H3. The largest absolute Gasteiger partial charge is 0.469 e. The number of aromatic nitrogens is 1. The first-order chi connectivity index (χ1) is 9.19. The topological polar surface area (TPSA) is 38.1 Å². The molecule has 1 unspecified atom stereocenters. The van der Waals surface area contributed by atoms with Crippen molar-refractivity contribution in [3.63, 3.8) is 0 Å². The Hall–Kier alpha value is -1.13. The molecular weight excluding hydrogens is 256 g/mol. The number of likely N-dealkylation sites (N-methyl/N-ethyl adjacent to an activating group) is 1. The third-order valence-electron chi connectivity index (χ3n) is 3.31. The Kier molecular flexibility index (Phi) is 5.16. The average molecular weight is 278 g/mol. The predicted octanol–water partition coefficient (Wildman–Crippen LogP) is 3.51. The monoisotopic (exact) mass is 278 g/mol. The van der Waals surface area contributed by atoms with Gasteiger partial charge in [0.25, 0.3) is 0 Å². The molecule has 0 bridgehead atoms. The number of hydrogen-bond acceptors (Lipinski definition) is 4. The Morgan fingerprint density at radius 1 is 1.42 bits per heavy atom. The van der Waals surface area contributed by atoms with Crippen LogP contribution in [0.5, 0.6) is 0 Å².